The number of nitrogens with zero attached hydrogens (tertiary/aromatic N) is 6. The Hall–Kier alpha value is -3.55. The predicted molar refractivity (Wildman–Crippen MR) is 149 cm³/mol. The molecular weight excluding hydrogens is 575 g/mol. The van der Waals surface area contributed by atoms with Gasteiger partial charge in [0, 0.05) is 0 Å². The molecule has 0 bridgehead atoms. The Morgan fingerprint density at radius 2 is 1.93 bits per heavy atom. The van der Waals surface area contributed by atoms with E-state index in [0.717, 1.165) is 16.8 Å². The zero-order chi connectivity index (χ0) is 27.9. The van der Waals surface area contributed by atoms with Crippen molar-refractivity contribution < 1.29 is 24.5 Å². The molecule has 3 aromatic rings. The van der Waals surface area contributed by atoms with Crippen LogP contribution in [0.4, 0.5) is 5.69 Å². The van der Waals surface area contributed by atoms with E-state index >= 15 is 0 Å². The van der Waals surface area contributed by atoms with E-state index in [1.54, 1.807) is 17.0 Å². The molecule has 2 aliphatic rings. The van der Waals surface area contributed by atoms with Crippen molar-refractivity contribution in [2.45, 2.75) is 25.0 Å². The summed E-state index contributed by atoms with van der Waals surface area (Å²) in [6.45, 7) is 2.62. The maximum absolute atomic E-state index is 11.7. The van der Waals surface area contributed by atoms with Gasteiger partial charge in [0.15, 0.2) is 0 Å². The molecule has 12 heteroatoms. The van der Waals surface area contributed by atoms with Gasteiger partial charge < -0.3 is 5.11 Å². The molecule has 0 radical (unpaired) electrons. The number of carbonyl (C=O) groups excluding carboxylic acids is 1. The van der Waals surface area contributed by atoms with Crippen molar-refractivity contribution in [3.05, 3.63) is 54.4 Å². The van der Waals surface area contributed by atoms with E-state index in [1.165, 1.54) is 10.7 Å². The summed E-state index contributed by atoms with van der Waals surface area (Å²) in [5, 5.41) is 28.2. The normalized spacial score (nSPS) is 18.2. The van der Waals surface area contributed by atoms with Crippen molar-refractivity contribution >= 4 is 36.3 Å². The Labute approximate surface area is 239 Å². The van der Waals surface area contributed by atoms with Crippen molar-refractivity contribution in [1.29, 1.82) is 5.26 Å². The fraction of sp³-hybridized carbons (Fsp3) is 0.393. The number of benzene rings is 2. The minimum absolute atomic E-state index is 0.0167. The Morgan fingerprint density at radius 1 is 1.12 bits per heavy atom. The quantitative estimate of drug-likeness (QED) is 0.318. The van der Waals surface area contributed by atoms with Gasteiger partial charge in [0.05, 0.1) is 0 Å². The second-order valence-electron chi connectivity index (χ2n) is 9.60. The summed E-state index contributed by atoms with van der Waals surface area (Å²) in [4.78, 5) is 29.0. The molecule has 0 saturated carbocycles. The van der Waals surface area contributed by atoms with Gasteiger partial charge in [-0.1, -0.05) is 0 Å². The summed E-state index contributed by atoms with van der Waals surface area (Å²) in [7, 11) is 0. The first-order valence-electron chi connectivity index (χ1n) is 13.2. The SMILES string of the molecule is N#Cc1cc(-c2ncnc([AsH]c3ccc(N4CCO[C@@H](CO)C4)cc3)n2)ccc1OC1CCN(C(=O)CO)CC1. The number of morpholine rings is 1. The molecule has 208 valence electrons. The molecule has 1 aromatic heterocycles. The van der Waals surface area contributed by atoms with Gasteiger partial charge in [-0.3, -0.25) is 4.79 Å². The first-order valence-corrected chi connectivity index (χ1v) is 15.3. The third kappa shape index (κ3) is 6.77. The van der Waals surface area contributed by atoms with E-state index in [4.69, 9.17) is 19.6 Å². The number of aliphatic hydroxyl groups is 2. The molecule has 0 aliphatic carbocycles. The number of hydrogen-bond acceptors (Lipinski definition) is 10. The summed E-state index contributed by atoms with van der Waals surface area (Å²) in [5.74, 6) is 0.723. The zero-order valence-corrected chi connectivity index (χ0v) is 24.0. The zero-order valence-electron chi connectivity index (χ0n) is 21.9. The number of piperidine rings is 1. The van der Waals surface area contributed by atoms with E-state index in [9.17, 15) is 15.2 Å². The summed E-state index contributed by atoms with van der Waals surface area (Å²) in [6.07, 6.45) is 2.51. The molecule has 2 atom stereocenters. The fourth-order valence-corrected chi connectivity index (χ4v) is 6.64. The van der Waals surface area contributed by atoms with Crippen molar-refractivity contribution in [1.82, 2.24) is 19.9 Å². The fourth-order valence-electron chi connectivity index (χ4n) is 4.81. The second-order valence-corrected chi connectivity index (χ2v) is 12.3. The van der Waals surface area contributed by atoms with Crippen molar-refractivity contribution in [2.75, 3.05) is 50.9 Å². The maximum atomic E-state index is 11.7. The number of likely N-dealkylation sites (tertiary alicyclic amines) is 1. The number of rotatable bonds is 8. The summed E-state index contributed by atoms with van der Waals surface area (Å²) < 4.78 is 13.6. The molecule has 40 heavy (non-hydrogen) atoms. The van der Waals surface area contributed by atoms with Crippen molar-refractivity contribution in [3.8, 4) is 23.2 Å². The molecule has 1 amide bonds. The van der Waals surface area contributed by atoms with Crippen LogP contribution in [0.5, 0.6) is 5.75 Å². The molecule has 5 rings (SSSR count). The van der Waals surface area contributed by atoms with Gasteiger partial charge in [0.25, 0.3) is 0 Å². The predicted octanol–water partition coefficient (Wildman–Crippen LogP) is -0.643. The number of ether oxygens (including phenoxy) is 2. The van der Waals surface area contributed by atoms with Gasteiger partial charge in [-0.2, -0.15) is 0 Å². The van der Waals surface area contributed by atoms with Gasteiger partial charge in [-0.05, 0) is 0 Å². The molecule has 2 N–H and O–H groups in total. The van der Waals surface area contributed by atoms with E-state index in [1.807, 2.05) is 6.07 Å². The minimum atomic E-state index is -0.803. The van der Waals surface area contributed by atoms with Gasteiger partial charge in [-0.25, -0.2) is 0 Å². The van der Waals surface area contributed by atoms with Crippen molar-refractivity contribution in [3.63, 3.8) is 0 Å². The van der Waals surface area contributed by atoms with Crippen LogP contribution in [0.2, 0.25) is 0 Å². The summed E-state index contributed by atoms with van der Waals surface area (Å²) >= 11 is -0.803. The Kier molecular flexibility index (Phi) is 9.24. The molecule has 2 saturated heterocycles. The number of aliphatic hydroxyl groups excluding tert-OH is 2. The van der Waals surface area contributed by atoms with E-state index in [2.05, 4.69) is 45.2 Å². The molecule has 11 nitrogen and oxygen atoms in total. The monoisotopic (exact) mass is 606 g/mol. The molecule has 2 fully saturated rings. The van der Waals surface area contributed by atoms with Crippen LogP contribution < -0.4 is 18.6 Å². The number of nitriles is 1. The molecule has 2 aliphatic heterocycles. The van der Waals surface area contributed by atoms with E-state index < -0.39 is 22.4 Å². The standard InChI is InChI=1S/C28H31AsN6O5/c30-14-20-13-19(1-6-25(20)40-23-7-9-34(10-8-23)26(38)17-37)27-31-18-32-28(33-27)29-21-2-4-22(5-3-21)35-11-12-39-24(15-35)16-36/h1-6,13,18,23-24,29,36-37H,7-12,15-17H2/t24-/m1/s1. The number of anilines is 1. The van der Waals surface area contributed by atoms with Crippen LogP contribution in [-0.4, -0.2) is 110 Å². The Balaban J connectivity index is 1.23. The molecule has 2 aromatic carbocycles. The molecular formula is C28H31AsN6O5. The summed E-state index contributed by atoms with van der Waals surface area (Å²) in [6, 6.07) is 15.9. The summed E-state index contributed by atoms with van der Waals surface area (Å²) in [5.41, 5.74) is 2.21. The number of hydrogen-bond donors (Lipinski definition) is 2. The van der Waals surface area contributed by atoms with Gasteiger partial charge >= 0.3 is 217 Å². The Morgan fingerprint density at radius 3 is 2.65 bits per heavy atom. The first-order chi connectivity index (χ1) is 19.6. The number of carbonyl (C=O) groups is 1. The van der Waals surface area contributed by atoms with Gasteiger partial charge in [0.1, 0.15) is 6.61 Å². The van der Waals surface area contributed by atoms with Crippen molar-refractivity contribution in [2.24, 2.45) is 0 Å². The van der Waals surface area contributed by atoms with Crippen LogP contribution >= 0.6 is 0 Å². The molecule has 0 spiro atoms. The van der Waals surface area contributed by atoms with Gasteiger partial charge in [-0.15, -0.1) is 0 Å². The van der Waals surface area contributed by atoms with Crippen LogP contribution in [0.15, 0.2) is 48.8 Å². The third-order valence-corrected chi connectivity index (χ3v) is 9.26. The van der Waals surface area contributed by atoms with Crippen LogP contribution in [0.3, 0.4) is 0 Å². The topological polar surface area (TPSA) is 145 Å². The molecule has 3 heterocycles. The average molecular weight is 607 g/mol. The first kappa shape index (κ1) is 28.0. The molecule has 1 unspecified atom stereocenters. The Bertz CT molecular complexity index is 1360. The van der Waals surface area contributed by atoms with Crippen LogP contribution in [-0.2, 0) is 9.53 Å². The number of amides is 1. The van der Waals surface area contributed by atoms with Crippen LogP contribution in [0, 0.1) is 11.3 Å². The van der Waals surface area contributed by atoms with Crippen LogP contribution in [0.25, 0.3) is 11.4 Å². The number of aromatic nitrogens is 3. The third-order valence-electron chi connectivity index (χ3n) is 6.98. The second kappa shape index (κ2) is 13.2. The van der Waals surface area contributed by atoms with Gasteiger partial charge in [0.2, 0.25) is 5.91 Å². The van der Waals surface area contributed by atoms with Crippen LogP contribution in [0.1, 0.15) is 18.4 Å². The van der Waals surface area contributed by atoms with E-state index in [0.29, 0.717) is 61.8 Å². The average Bonchev–Trinajstić information content (AvgIpc) is 3.01. The van der Waals surface area contributed by atoms with E-state index in [-0.39, 0.29) is 24.7 Å².